The molecule has 9 heteroatoms. The standard InChI is InChI=1S/C29H39NO8/c1-27(2,3)38-26(34)30-21(16-10-8-7-9-11-16)22(31)25(33)37-23-18-12-28(4,5)14-20(18)29(6,35)13-17-19(23)15-36-24(17)32/h7-11,18,20-23,31,35H,12-15H2,1-6H3,(H,30,34)/t18-,20-,21-,22+,23+,29-/m0/s1. The van der Waals surface area contributed by atoms with Gasteiger partial charge in [0, 0.05) is 23.5 Å². The number of benzene rings is 1. The maximum absolute atomic E-state index is 13.5. The molecule has 0 radical (unpaired) electrons. The van der Waals surface area contributed by atoms with Crippen molar-refractivity contribution in [3.8, 4) is 0 Å². The van der Waals surface area contributed by atoms with Gasteiger partial charge in [0.15, 0.2) is 6.10 Å². The fraction of sp³-hybridized carbons (Fsp3) is 0.621. The highest BCUT2D eigenvalue weighted by Crippen LogP contribution is 2.56. The van der Waals surface area contributed by atoms with Crippen molar-refractivity contribution in [2.45, 2.75) is 90.3 Å². The zero-order valence-electron chi connectivity index (χ0n) is 22.9. The molecule has 0 spiro atoms. The van der Waals surface area contributed by atoms with Gasteiger partial charge < -0.3 is 29.7 Å². The average molecular weight is 530 g/mol. The predicted octanol–water partition coefficient (Wildman–Crippen LogP) is 3.59. The third kappa shape index (κ3) is 5.89. The van der Waals surface area contributed by atoms with Crippen LogP contribution in [-0.2, 0) is 23.8 Å². The van der Waals surface area contributed by atoms with Gasteiger partial charge in [0.05, 0.1) is 11.6 Å². The van der Waals surface area contributed by atoms with E-state index in [9.17, 15) is 24.6 Å². The zero-order valence-corrected chi connectivity index (χ0v) is 22.9. The minimum Gasteiger partial charge on any atom is -0.458 e. The summed E-state index contributed by atoms with van der Waals surface area (Å²) in [5.74, 6) is -1.96. The maximum atomic E-state index is 13.5. The number of amides is 1. The number of fused-ring (bicyclic) bond motifs is 1. The second-order valence-electron chi connectivity index (χ2n) is 12.8. The van der Waals surface area contributed by atoms with Crippen molar-refractivity contribution in [2.24, 2.45) is 17.3 Å². The van der Waals surface area contributed by atoms with Gasteiger partial charge in [-0.3, -0.25) is 0 Å². The Labute approximate surface area is 223 Å². The van der Waals surface area contributed by atoms with Crippen LogP contribution in [0.5, 0.6) is 0 Å². The number of nitrogens with one attached hydrogen (secondary N) is 1. The lowest BCUT2D eigenvalue weighted by molar-refractivity contribution is -0.163. The molecule has 0 aromatic heterocycles. The summed E-state index contributed by atoms with van der Waals surface area (Å²) in [6.07, 6.45) is -1.93. The molecule has 3 aliphatic rings. The van der Waals surface area contributed by atoms with E-state index in [1.165, 1.54) is 0 Å². The second-order valence-corrected chi connectivity index (χ2v) is 12.8. The Morgan fingerprint density at radius 3 is 2.42 bits per heavy atom. The van der Waals surface area contributed by atoms with Gasteiger partial charge in [-0.05, 0) is 57.4 Å². The second kappa shape index (κ2) is 10.0. The molecule has 1 aromatic carbocycles. The molecular formula is C29H39NO8. The van der Waals surface area contributed by atoms with Crippen LogP contribution in [0.3, 0.4) is 0 Å². The summed E-state index contributed by atoms with van der Waals surface area (Å²) >= 11 is 0. The highest BCUT2D eigenvalue weighted by atomic mass is 16.6. The number of alkyl carbamates (subject to hydrolysis) is 1. The number of aliphatic hydroxyl groups excluding tert-OH is 1. The van der Waals surface area contributed by atoms with E-state index in [2.05, 4.69) is 19.2 Å². The summed E-state index contributed by atoms with van der Waals surface area (Å²) in [4.78, 5) is 38.7. The summed E-state index contributed by atoms with van der Waals surface area (Å²) < 4.78 is 16.6. The number of hydrogen-bond donors (Lipinski definition) is 3. The highest BCUT2D eigenvalue weighted by Gasteiger charge is 2.56. The Morgan fingerprint density at radius 2 is 1.79 bits per heavy atom. The minimum atomic E-state index is -1.76. The summed E-state index contributed by atoms with van der Waals surface area (Å²) in [6.45, 7) is 11.0. The zero-order chi connectivity index (χ0) is 28.0. The van der Waals surface area contributed by atoms with E-state index in [4.69, 9.17) is 14.2 Å². The molecule has 1 aromatic rings. The van der Waals surface area contributed by atoms with Crippen molar-refractivity contribution < 1.29 is 38.8 Å². The van der Waals surface area contributed by atoms with Crippen LogP contribution >= 0.6 is 0 Å². The Bertz CT molecular complexity index is 1120. The molecule has 1 fully saturated rings. The van der Waals surface area contributed by atoms with Gasteiger partial charge in [-0.1, -0.05) is 44.2 Å². The minimum absolute atomic E-state index is 0.0276. The Balaban J connectivity index is 1.64. The maximum Gasteiger partial charge on any atom is 0.408 e. The molecule has 1 saturated carbocycles. The van der Waals surface area contributed by atoms with Gasteiger partial charge >= 0.3 is 18.0 Å². The van der Waals surface area contributed by atoms with Crippen LogP contribution in [0.25, 0.3) is 0 Å². The van der Waals surface area contributed by atoms with Gasteiger partial charge in [0.1, 0.15) is 18.3 Å². The first-order valence-corrected chi connectivity index (χ1v) is 13.1. The van der Waals surface area contributed by atoms with Crippen LogP contribution in [-0.4, -0.2) is 58.3 Å². The van der Waals surface area contributed by atoms with Crippen LogP contribution < -0.4 is 5.32 Å². The first-order chi connectivity index (χ1) is 17.6. The average Bonchev–Trinajstić information content (AvgIpc) is 3.31. The van der Waals surface area contributed by atoms with E-state index >= 15 is 0 Å². The Kier molecular flexibility index (Phi) is 7.40. The quantitative estimate of drug-likeness (QED) is 0.390. The van der Waals surface area contributed by atoms with Gasteiger partial charge in [-0.25, -0.2) is 14.4 Å². The van der Waals surface area contributed by atoms with Gasteiger partial charge in [-0.15, -0.1) is 0 Å². The predicted molar refractivity (Wildman–Crippen MR) is 138 cm³/mol. The number of esters is 2. The van der Waals surface area contributed by atoms with Gasteiger partial charge in [0.2, 0.25) is 0 Å². The lowest BCUT2D eigenvalue weighted by atomic mass is 9.78. The SMILES string of the molecule is CC1(C)C[C@@H]2[C@@H](OC(=O)[C@H](O)[C@@H](NC(=O)OC(C)(C)C)c3ccccc3)C3=C(C[C@](C)(O)[C@H]2C1)C(=O)OC3. The van der Waals surface area contributed by atoms with Crippen molar-refractivity contribution in [2.75, 3.05) is 6.61 Å². The molecule has 9 nitrogen and oxygen atoms in total. The molecule has 3 N–H and O–H groups in total. The number of hydrogen-bond acceptors (Lipinski definition) is 8. The number of aliphatic hydroxyl groups is 2. The molecular weight excluding hydrogens is 490 g/mol. The van der Waals surface area contributed by atoms with Crippen LogP contribution in [0.1, 0.15) is 72.4 Å². The fourth-order valence-corrected chi connectivity index (χ4v) is 6.17. The van der Waals surface area contributed by atoms with Crippen LogP contribution in [0.4, 0.5) is 4.79 Å². The number of rotatable bonds is 5. The first-order valence-electron chi connectivity index (χ1n) is 13.1. The lowest BCUT2D eigenvalue weighted by Gasteiger charge is -2.35. The number of carbonyl (C=O) groups is 3. The van der Waals surface area contributed by atoms with Crippen molar-refractivity contribution in [3.63, 3.8) is 0 Å². The van der Waals surface area contributed by atoms with Gasteiger partial charge in [-0.2, -0.15) is 0 Å². The van der Waals surface area contributed by atoms with Gasteiger partial charge in [0.25, 0.3) is 0 Å². The molecule has 0 bridgehead atoms. The third-order valence-corrected chi connectivity index (χ3v) is 7.77. The van der Waals surface area contributed by atoms with Crippen LogP contribution in [0, 0.1) is 17.3 Å². The molecule has 38 heavy (non-hydrogen) atoms. The molecule has 1 heterocycles. The molecule has 1 aliphatic heterocycles. The van der Waals surface area contributed by atoms with E-state index < -0.39 is 47.5 Å². The van der Waals surface area contributed by atoms with Crippen molar-refractivity contribution >= 4 is 18.0 Å². The van der Waals surface area contributed by atoms with E-state index in [-0.39, 0.29) is 30.3 Å². The molecule has 1 amide bonds. The largest absolute Gasteiger partial charge is 0.458 e. The summed E-state index contributed by atoms with van der Waals surface area (Å²) in [5.41, 5.74) is -0.720. The third-order valence-electron chi connectivity index (χ3n) is 7.77. The summed E-state index contributed by atoms with van der Waals surface area (Å²) in [6, 6.07) is 7.46. The molecule has 2 aliphatic carbocycles. The topological polar surface area (TPSA) is 131 Å². The summed E-state index contributed by atoms with van der Waals surface area (Å²) in [5, 5.41) is 25.2. The number of ether oxygens (including phenoxy) is 3. The lowest BCUT2D eigenvalue weighted by Crippen LogP contribution is -2.45. The van der Waals surface area contributed by atoms with Crippen molar-refractivity contribution in [3.05, 3.63) is 47.0 Å². The van der Waals surface area contributed by atoms with E-state index in [0.29, 0.717) is 29.6 Å². The molecule has 6 atom stereocenters. The van der Waals surface area contributed by atoms with Crippen molar-refractivity contribution in [1.29, 1.82) is 0 Å². The molecule has 0 unspecified atom stereocenters. The monoisotopic (exact) mass is 529 g/mol. The fourth-order valence-electron chi connectivity index (χ4n) is 6.17. The highest BCUT2D eigenvalue weighted by molar-refractivity contribution is 5.92. The van der Waals surface area contributed by atoms with Crippen molar-refractivity contribution in [1.82, 2.24) is 5.32 Å². The first kappa shape index (κ1) is 28.1. The molecule has 4 rings (SSSR count). The van der Waals surface area contributed by atoms with E-state index in [1.54, 1.807) is 58.0 Å². The van der Waals surface area contributed by atoms with E-state index in [0.717, 1.165) is 0 Å². The molecule has 208 valence electrons. The van der Waals surface area contributed by atoms with E-state index in [1.807, 2.05) is 0 Å². The normalized spacial score (nSPS) is 29.9. The van der Waals surface area contributed by atoms with Crippen LogP contribution in [0.15, 0.2) is 41.5 Å². The Hall–Kier alpha value is -2.91. The summed E-state index contributed by atoms with van der Waals surface area (Å²) in [7, 11) is 0. The Morgan fingerprint density at radius 1 is 1.13 bits per heavy atom. The molecule has 0 saturated heterocycles. The number of cyclic esters (lactones) is 1. The van der Waals surface area contributed by atoms with Crippen LogP contribution in [0.2, 0.25) is 0 Å². The smallest absolute Gasteiger partial charge is 0.408 e. The number of carbonyl (C=O) groups excluding carboxylic acids is 3.